The highest BCUT2D eigenvalue weighted by atomic mass is 79.9. The summed E-state index contributed by atoms with van der Waals surface area (Å²) in [6.45, 7) is 5.21. The zero-order valence-electron chi connectivity index (χ0n) is 10.5. The van der Waals surface area contributed by atoms with E-state index < -0.39 is 0 Å². The van der Waals surface area contributed by atoms with Crippen LogP contribution in [0.4, 0.5) is 0 Å². The largest absolute Gasteiger partial charge is 0.444 e. The lowest BCUT2D eigenvalue weighted by Gasteiger charge is -2.29. The zero-order valence-corrected chi connectivity index (χ0v) is 12.1. The Morgan fingerprint density at radius 1 is 1.37 bits per heavy atom. The first-order chi connectivity index (χ1) is 9.20. The van der Waals surface area contributed by atoms with Gasteiger partial charge in [0.2, 0.25) is 5.89 Å². The Morgan fingerprint density at radius 2 is 2.26 bits per heavy atom. The molecule has 1 saturated heterocycles. The summed E-state index contributed by atoms with van der Waals surface area (Å²) < 4.78 is 17.1. The van der Waals surface area contributed by atoms with Crippen molar-refractivity contribution >= 4 is 15.9 Å². The van der Waals surface area contributed by atoms with E-state index in [1.807, 2.05) is 0 Å². The number of nitrogens with zero attached hydrogens (tertiary/aromatic N) is 3. The fourth-order valence-corrected chi connectivity index (χ4v) is 2.38. The topological polar surface area (TPSA) is 64.5 Å². The Bertz CT molecular complexity index is 554. The second-order valence-corrected chi connectivity index (χ2v) is 5.30. The molecule has 1 fully saturated rings. The monoisotopic (exact) mass is 327 g/mol. The van der Waals surface area contributed by atoms with Crippen LogP contribution in [0.15, 0.2) is 25.6 Å². The number of aromatic nitrogens is 2. The van der Waals surface area contributed by atoms with E-state index in [1.54, 1.807) is 12.1 Å². The van der Waals surface area contributed by atoms with Crippen molar-refractivity contribution in [3.8, 4) is 11.7 Å². The fraction of sp³-hybridized carbons (Fsp3) is 0.500. The van der Waals surface area contributed by atoms with Crippen molar-refractivity contribution in [2.24, 2.45) is 0 Å². The molecule has 19 heavy (non-hydrogen) atoms. The zero-order chi connectivity index (χ0) is 13.2. The van der Waals surface area contributed by atoms with Crippen molar-refractivity contribution in [2.45, 2.75) is 19.6 Å². The first-order valence-corrected chi connectivity index (χ1v) is 6.92. The molecule has 0 aromatic carbocycles. The maximum Gasteiger partial charge on any atom is 0.283 e. The molecule has 0 aliphatic carbocycles. The van der Waals surface area contributed by atoms with Gasteiger partial charge in [0.15, 0.2) is 10.4 Å². The van der Waals surface area contributed by atoms with Gasteiger partial charge >= 0.3 is 0 Å². The maximum atomic E-state index is 5.60. The highest BCUT2D eigenvalue weighted by Crippen LogP contribution is 2.24. The van der Waals surface area contributed by atoms with E-state index >= 15 is 0 Å². The smallest absolute Gasteiger partial charge is 0.283 e. The van der Waals surface area contributed by atoms with Crippen LogP contribution in [0, 0.1) is 0 Å². The number of halogens is 1. The molecule has 6 nitrogen and oxygen atoms in total. The molecule has 7 heteroatoms. The molecular formula is C12H14BrN3O3. The highest BCUT2D eigenvalue weighted by molar-refractivity contribution is 9.10. The number of hydrogen-bond acceptors (Lipinski definition) is 6. The molecular weight excluding hydrogens is 314 g/mol. The normalized spacial score (nSPS) is 20.8. The van der Waals surface area contributed by atoms with Gasteiger partial charge in [-0.15, -0.1) is 10.2 Å². The molecule has 3 rings (SSSR count). The van der Waals surface area contributed by atoms with E-state index in [2.05, 4.69) is 38.0 Å². The molecule has 0 radical (unpaired) electrons. The van der Waals surface area contributed by atoms with Crippen LogP contribution in [0.5, 0.6) is 0 Å². The summed E-state index contributed by atoms with van der Waals surface area (Å²) in [6.07, 6.45) is 0.247. The van der Waals surface area contributed by atoms with Gasteiger partial charge in [-0.3, -0.25) is 4.90 Å². The van der Waals surface area contributed by atoms with E-state index in [-0.39, 0.29) is 6.10 Å². The maximum absolute atomic E-state index is 5.60. The third-order valence-electron chi connectivity index (χ3n) is 2.93. The van der Waals surface area contributed by atoms with Gasteiger partial charge in [0.05, 0.1) is 19.3 Å². The predicted octanol–water partition coefficient (Wildman–Crippen LogP) is 2.31. The summed E-state index contributed by atoms with van der Waals surface area (Å²) in [5.74, 6) is 1.57. The first kappa shape index (κ1) is 12.8. The molecule has 2 aromatic heterocycles. The second-order valence-electron chi connectivity index (χ2n) is 4.52. The van der Waals surface area contributed by atoms with Gasteiger partial charge in [-0.05, 0) is 35.0 Å². The number of hydrogen-bond donors (Lipinski definition) is 0. The van der Waals surface area contributed by atoms with Crippen LogP contribution in [0.3, 0.4) is 0 Å². The third kappa shape index (κ3) is 3.05. The van der Waals surface area contributed by atoms with Gasteiger partial charge < -0.3 is 13.6 Å². The van der Waals surface area contributed by atoms with Crippen LogP contribution in [0.1, 0.15) is 12.8 Å². The van der Waals surface area contributed by atoms with Gasteiger partial charge in [0.1, 0.15) is 0 Å². The number of rotatable bonds is 3. The molecule has 102 valence electrons. The van der Waals surface area contributed by atoms with E-state index in [9.17, 15) is 0 Å². The standard InChI is InChI=1S/C12H14BrN3O3/c1-8-6-16(4-5-17-8)7-11-14-15-12(19-11)9-2-3-10(13)18-9/h2-3,8H,4-7H2,1H3/t8-/m1/s1. The Labute approximate surface area is 118 Å². The molecule has 3 heterocycles. The lowest BCUT2D eigenvalue weighted by atomic mass is 10.3. The average molecular weight is 328 g/mol. The van der Waals surface area contributed by atoms with Crippen LogP contribution in [-0.2, 0) is 11.3 Å². The molecule has 0 amide bonds. The Morgan fingerprint density at radius 3 is 3.00 bits per heavy atom. The van der Waals surface area contributed by atoms with Gasteiger partial charge in [-0.1, -0.05) is 0 Å². The highest BCUT2D eigenvalue weighted by Gasteiger charge is 2.20. The molecule has 0 unspecified atom stereocenters. The summed E-state index contributed by atoms with van der Waals surface area (Å²) in [4.78, 5) is 2.24. The molecule has 2 aromatic rings. The molecule has 0 bridgehead atoms. The van der Waals surface area contributed by atoms with E-state index in [1.165, 1.54) is 0 Å². The van der Waals surface area contributed by atoms with Crippen molar-refractivity contribution < 1.29 is 13.6 Å². The summed E-state index contributed by atoms with van der Waals surface area (Å²) in [5, 5.41) is 8.04. The summed E-state index contributed by atoms with van der Waals surface area (Å²) in [7, 11) is 0. The number of morpholine rings is 1. The molecule has 1 aliphatic rings. The van der Waals surface area contributed by atoms with Crippen molar-refractivity contribution in [1.82, 2.24) is 15.1 Å². The van der Waals surface area contributed by atoms with E-state index in [4.69, 9.17) is 13.6 Å². The molecule has 0 N–H and O–H groups in total. The van der Waals surface area contributed by atoms with E-state index in [0.29, 0.717) is 28.8 Å². The van der Waals surface area contributed by atoms with Crippen LogP contribution >= 0.6 is 15.9 Å². The van der Waals surface area contributed by atoms with Crippen LogP contribution in [0.2, 0.25) is 0 Å². The fourth-order valence-electron chi connectivity index (χ4n) is 2.07. The summed E-state index contributed by atoms with van der Waals surface area (Å²) in [5.41, 5.74) is 0. The molecule has 1 aliphatic heterocycles. The van der Waals surface area contributed by atoms with Gasteiger partial charge in [0, 0.05) is 13.1 Å². The van der Waals surface area contributed by atoms with Crippen molar-refractivity contribution in [2.75, 3.05) is 19.7 Å². The summed E-state index contributed by atoms with van der Waals surface area (Å²) >= 11 is 3.24. The first-order valence-electron chi connectivity index (χ1n) is 6.13. The molecule has 0 spiro atoms. The van der Waals surface area contributed by atoms with Crippen LogP contribution < -0.4 is 0 Å². The van der Waals surface area contributed by atoms with Gasteiger partial charge in [-0.25, -0.2) is 0 Å². The minimum absolute atomic E-state index is 0.247. The quantitative estimate of drug-likeness (QED) is 0.861. The SMILES string of the molecule is C[C@@H]1CN(Cc2nnc(-c3ccc(Br)o3)o2)CCO1. The minimum Gasteiger partial charge on any atom is -0.444 e. The summed E-state index contributed by atoms with van der Waals surface area (Å²) in [6, 6.07) is 3.58. The molecule has 0 saturated carbocycles. The van der Waals surface area contributed by atoms with Crippen LogP contribution in [-0.4, -0.2) is 40.9 Å². The van der Waals surface area contributed by atoms with Gasteiger partial charge in [0.25, 0.3) is 5.89 Å². The lowest BCUT2D eigenvalue weighted by Crippen LogP contribution is -2.40. The average Bonchev–Trinajstić information content (AvgIpc) is 2.98. The second kappa shape index (κ2) is 5.44. The molecule has 1 atom stereocenters. The van der Waals surface area contributed by atoms with Crippen molar-refractivity contribution in [3.63, 3.8) is 0 Å². The Hall–Kier alpha value is -1.18. The third-order valence-corrected chi connectivity index (χ3v) is 3.36. The van der Waals surface area contributed by atoms with E-state index in [0.717, 1.165) is 19.7 Å². The van der Waals surface area contributed by atoms with Crippen molar-refractivity contribution in [1.29, 1.82) is 0 Å². The predicted molar refractivity (Wildman–Crippen MR) is 70.4 cm³/mol. The number of ether oxygens (including phenoxy) is 1. The number of furan rings is 1. The van der Waals surface area contributed by atoms with Gasteiger partial charge in [-0.2, -0.15) is 0 Å². The lowest BCUT2D eigenvalue weighted by molar-refractivity contribution is -0.0235. The van der Waals surface area contributed by atoms with Crippen molar-refractivity contribution in [3.05, 3.63) is 22.7 Å². The minimum atomic E-state index is 0.247. The van der Waals surface area contributed by atoms with Crippen LogP contribution in [0.25, 0.3) is 11.7 Å². The Kier molecular flexibility index (Phi) is 3.67. The Balaban J connectivity index is 1.68.